The van der Waals surface area contributed by atoms with E-state index < -0.39 is 0 Å². The molecule has 0 saturated carbocycles. The Bertz CT molecular complexity index is 561. The molecule has 5 heteroatoms. The second-order valence-electron chi connectivity index (χ2n) is 5.54. The van der Waals surface area contributed by atoms with Crippen LogP contribution >= 0.6 is 23.1 Å². The molecule has 1 heterocycles. The summed E-state index contributed by atoms with van der Waals surface area (Å²) in [5.74, 6) is 0.546. The lowest BCUT2D eigenvalue weighted by Crippen LogP contribution is -2.34. The first-order valence-corrected chi connectivity index (χ1v) is 8.30. The van der Waals surface area contributed by atoms with E-state index in [9.17, 15) is 4.39 Å². The molecule has 0 fully saturated rings. The molecule has 0 atom stereocenters. The molecule has 0 amide bonds. The third-order valence-electron chi connectivity index (χ3n) is 2.58. The summed E-state index contributed by atoms with van der Waals surface area (Å²) in [7, 11) is 0. The first-order chi connectivity index (χ1) is 9.44. The van der Waals surface area contributed by atoms with Crippen molar-refractivity contribution in [2.75, 3.05) is 0 Å². The number of nitrogens with one attached hydrogen (secondary N) is 1. The number of halogens is 1. The van der Waals surface area contributed by atoms with Gasteiger partial charge in [-0.1, -0.05) is 12.1 Å². The number of aromatic nitrogens is 1. The zero-order valence-electron chi connectivity index (χ0n) is 11.9. The van der Waals surface area contributed by atoms with Gasteiger partial charge in [-0.2, -0.15) is 0 Å². The molecule has 0 spiro atoms. The summed E-state index contributed by atoms with van der Waals surface area (Å²) < 4.78 is 13.5. The van der Waals surface area contributed by atoms with E-state index in [1.54, 1.807) is 23.5 Å². The number of thioether (sulfide) groups is 1. The number of hydrogen-bond acceptors (Lipinski definition) is 4. The number of hydrogen-bond donors (Lipinski definition) is 1. The van der Waals surface area contributed by atoms with Gasteiger partial charge in [0.05, 0.1) is 5.75 Å². The molecule has 2 nitrogen and oxygen atoms in total. The Kier molecular flexibility index (Phi) is 5.18. The van der Waals surface area contributed by atoms with Crippen LogP contribution in [0.25, 0.3) is 0 Å². The highest BCUT2D eigenvalue weighted by molar-refractivity contribution is 7.98. The van der Waals surface area contributed by atoms with Crippen molar-refractivity contribution in [2.45, 2.75) is 43.5 Å². The van der Waals surface area contributed by atoms with Gasteiger partial charge in [-0.25, -0.2) is 9.37 Å². The van der Waals surface area contributed by atoms with Crippen LogP contribution in [-0.2, 0) is 12.3 Å². The summed E-state index contributed by atoms with van der Waals surface area (Å²) in [6.45, 7) is 7.25. The molecule has 0 radical (unpaired) electrons. The largest absolute Gasteiger partial charge is 0.307 e. The van der Waals surface area contributed by atoms with E-state index in [2.05, 4.69) is 31.1 Å². The summed E-state index contributed by atoms with van der Waals surface area (Å²) >= 11 is 3.17. The minimum Gasteiger partial charge on any atom is -0.307 e. The zero-order valence-corrected chi connectivity index (χ0v) is 13.6. The quantitative estimate of drug-likeness (QED) is 0.825. The standard InChI is InChI=1S/C15H19FN2S2/c1-15(2,3)18-9-11-8-17-14(20-11)10-19-13-7-5-4-6-12(13)16/h4-8,18H,9-10H2,1-3H3. The SMILES string of the molecule is CC(C)(C)NCc1cnc(CSc2ccccc2F)s1. The Hall–Kier alpha value is -0.910. The van der Waals surface area contributed by atoms with Gasteiger partial charge in [0.15, 0.2) is 0 Å². The van der Waals surface area contributed by atoms with E-state index in [4.69, 9.17) is 0 Å². The molecule has 0 aliphatic heterocycles. The lowest BCUT2D eigenvalue weighted by Gasteiger charge is -2.19. The van der Waals surface area contributed by atoms with Gasteiger partial charge >= 0.3 is 0 Å². The molecular weight excluding hydrogens is 291 g/mol. The molecule has 0 bridgehead atoms. The van der Waals surface area contributed by atoms with E-state index >= 15 is 0 Å². The van der Waals surface area contributed by atoms with Gasteiger partial charge in [-0.3, -0.25) is 0 Å². The minimum atomic E-state index is -0.163. The highest BCUT2D eigenvalue weighted by Gasteiger charge is 2.10. The molecule has 1 N–H and O–H groups in total. The maximum Gasteiger partial charge on any atom is 0.136 e. The summed E-state index contributed by atoms with van der Waals surface area (Å²) in [6, 6.07) is 6.85. The third-order valence-corrected chi connectivity index (χ3v) is 4.82. The fourth-order valence-electron chi connectivity index (χ4n) is 1.55. The van der Waals surface area contributed by atoms with Crippen molar-refractivity contribution >= 4 is 23.1 Å². The van der Waals surface area contributed by atoms with E-state index in [0.29, 0.717) is 10.6 Å². The average Bonchev–Trinajstić information content (AvgIpc) is 2.83. The Balaban J connectivity index is 1.89. The van der Waals surface area contributed by atoms with Crippen molar-refractivity contribution in [1.82, 2.24) is 10.3 Å². The van der Waals surface area contributed by atoms with E-state index in [1.807, 2.05) is 12.3 Å². The molecule has 1 aromatic carbocycles. The molecular formula is C15H19FN2S2. The summed E-state index contributed by atoms with van der Waals surface area (Å²) in [5.41, 5.74) is 0.103. The van der Waals surface area contributed by atoms with Crippen LogP contribution in [0.4, 0.5) is 4.39 Å². The van der Waals surface area contributed by atoms with E-state index in [0.717, 1.165) is 11.6 Å². The molecule has 108 valence electrons. The van der Waals surface area contributed by atoms with Crippen LogP contribution in [-0.4, -0.2) is 10.5 Å². The summed E-state index contributed by atoms with van der Waals surface area (Å²) in [6.07, 6.45) is 1.90. The molecule has 2 rings (SSSR count). The van der Waals surface area contributed by atoms with Crippen molar-refractivity contribution in [1.29, 1.82) is 0 Å². The predicted molar refractivity (Wildman–Crippen MR) is 84.7 cm³/mol. The van der Waals surface area contributed by atoms with Gasteiger partial charge in [0.1, 0.15) is 10.8 Å². The smallest absolute Gasteiger partial charge is 0.136 e. The van der Waals surface area contributed by atoms with Crippen LogP contribution < -0.4 is 5.32 Å². The van der Waals surface area contributed by atoms with Gasteiger partial charge < -0.3 is 5.32 Å². The Labute approximate surface area is 127 Å². The number of rotatable bonds is 5. The molecule has 1 aromatic heterocycles. The number of benzene rings is 1. The van der Waals surface area contributed by atoms with Crippen LogP contribution in [0.3, 0.4) is 0 Å². The van der Waals surface area contributed by atoms with Crippen molar-refractivity contribution in [3.63, 3.8) is 0 Å². The lowest BCUT2D eigenvalue weighted by atomic mass is 10.1. The van der Waals surface area contributed by atoms with Crippen LogP contribution in [0.5, 0.6) is 0 Å². The Morgan fingerprint density at radius 2 is 2.05 bits per heavy atom. The second kappa shape index (κ2) is 6.70. The van der Waals surface area contributed by atoms with Crippen molar-refractivity contribution in [3.8, 4) is 0 Å². The van der Waals surface area contributed by atoms with Crippen LogP contribution in [0.1, 0.15) is 30.7 Å². The van der Waals surface area contributed by atoms with E-state index in [1.165, 1.54) is 22.7 Å². The van der Waals surface area contributed by atoms with Gasteiger partial charge in [0.2, 0.25) is 0 Å². The molecule has 0 saturated heterocycles. The number of thiazole rings is 1. The molecule has 0 unspecified atom stereocenters. The fourth-order valence-corrected chi connectivity index (χ4v) is 3.35. The molecule has 2 aromatic rings. The van der Waals surface area contributed by atoms with Crippen LogP contribution in [0.15, 0.2) is 35.4 Å². The topological polar surface area (TPSA) is 24.9 Å². The summed E-state index contributed by atoms with van der Waals surface area (Å²) in [4.78, 5) is 6.29. The molecule has 20 heavy (non-hydrogen) atoms. The van der Waals surface area contributed by atoms with Crippen LogP contribution in [0.2, 0.25) is 0 Å². The molecule has 0 aliphatic carbocycles. The third kappa shape index (κ3) is 4.89. The highest BCUT2D eigenvalue weighted by atomic mass is 32.2. The van der Waals surface area contributed by atoms with Gasteiger partial charge in [-0.05, 0) is 32.9 Å². The lowest BCUT2D eigenvalue weighted by molar-refractivity contribution is 0.426. The molecule has 0 aliphatic rings. The first kappa shape index (κ1) is 15.5. The Morgan fingerprint density at radius 1 is 1.30 bits per heavy atom. The van der Waals surface area contributed by atoms with Crippen molar-refractivity contribution in [2.24, 2.45) is 0 Å². The van der Waals surface area contributed by atoms with Gasteiger partial charge in [0.25, 0.3) is 0 Å². The predicted octanol–water partition coefficient (Wildman–Crippen LogP) is 4.46. The first-order valence-electron chi connectivity index (χ1n) is 6.50. The zero-order chi connectivity index (χ0) is 14.6. The van der Waals surface area contributed by atoms with Gasteiger partial charge in [-0.15, -0.1) is 23.1 Å². The maximum absolute atomic E-state index is 13.5. The van der Waals surface area contributed by atoms with Gasteiger partial charge in [0, 0.05) is 28.1 Å². The second-order valence-corrected chi connectivity index (χ2v) is 7.76. The maximum atomic E-state index is 13.5. The Morgan fingerprint density at radius 3 is 2.75 bits per heavy atom. The highest BCUT2D eigenvalue weighted by Crippen LogP contribution is 2.27. The fraction of sp³-hybridized carbons (Fsp3) is 0.400. The van der Waals surface area contributed by atoms with Crippen molar-refractivity contribution in [3.05, 3.63) is 46.2 Å². The normalized spacial score (nSPS) is 11.8. The van der Waals surface area contributed by atoms with E-state index in [-0.39, 0.29) is 11.4 Å². The monoisotopic (exact) mass is 310 g/mol. The summed E-state index contributed by atoms with van der Waals surface area (Å²) in [5, 5.41) is 4.47. The average molecular weight is 310 g/mol. The van der Waals surface area contributed by atoms with Crippen molar-refractivity contribution < 1.29 is 4.39 Å². The number of nitrogens with zero attached hydrogens (tertiary/aromatic N) is 1. The minimum absolute atomic E-state index is 0.103. The van der Waals surface area contributed by atoms with Crippen LogP contribution in [0, 0.1) is 5.82 Å².